The number of allylic oxidation sites excluding steroid dienone is 4. The first-order valence-corrected chi connectivity index (χ1v) is 11.9. The highest BCUT2D eigenvalue weighted by Gasteiger charge is 1.96. The first-order chi connectivity index (χ1) is 13.1. The van der Waals surface area contributed by atoms with Crippen molar-refractivity contribution in [3.8, 4) is 0 Å². The van der Waals surface area contributed by atoms with Crippen molar-refractivity contribution in [2.75, 3.05) is 6.54 Å². The lowest BCUT2D eigenvalue weighted by Gasteiger charge is -2.04. The van der Waals surface area contributed by atoms with Crippen molar-refractivity contribution in [3.63, 3.8) is 0 Å². The van der Waals surface area contributed by atoms with Gasteiger partial charge in [0.25, 0.3) is 0 Å². The summed E-state index contributed by atoms with van der Waals surface area (Å²) in [5.74, 6) is 0. The Morgan fingerprint density at radius 2 is 1.15 bits per heavy atom. The normalized spacial score (nSPS) is 13.4. The molecule has 0 aliphatic heterocycles. The van der Waals surface area contributed by atoms with E-state index in [0.717, 1.165) is 13.0 Å². The molecule has 0 fully saturated rings. The van der Waals surface area contributed by atoms with Gasteiger partial charge in [0, 0.05) is 12.3 Å². The fourth-order valence-electron chi connectivity index (χ4n) is 3.29. The topological polar surface area (TPSA) is 12.4 Å². The molecule has 0 atom stereocenters. The molecule has 0 N–H and O–H groups in total. The summed E-state index contributed by atoms with van der Waals surface area (Å²) in [5, 5.41) is 0. The first kappa shape index (κ1) is 26.1. The predicted molar refractivity (Wildman–Crippen MR) is 126 cm³/mol. The summed E-state index contributed by atoms with van der Waals surface area (Å²) >= 11 is 0. The van der Waals surface area contributed by atoms with E-state index < -0.39 is 0 Å². The van der Waals surface area contributed by atoms with Gasteiger partial charge in [0.2, 0.25) is 0 Å². The van der Waals surface area contributed by atoms with E-state index in [-0.39, 0.29) is 0 Å². The SMILES string of the molecule is CCCCCC/C=C(\C)CC/C=C(\C)CCC(C)=NCCCCCCCC. The van der Waals surface area contributed by atoms with Crippen LogP contribution >= 0.6 is 0 Å². The average Bonchev–Trinajstić information content (AvgIpc) is 2.65. The second-order valence-corrected chi connectivity index (χ2v) is 8.37. The molecule has 0 aromatic heterocycles. The molecule has 0 radical (unpaired) electrons. The van der Waals surface area contributed by atoms with Crippen molar-refractivity contribution in [3.05, 3.63) is 23.3 Å². The van der Waals surface area contributed by atoms with Crippen LogP contribution in [0.15, 0.2) is 28.3 Å². The lowest BCUT2D eigenvalue weighted by Crippen LogP contribution is -1.95. The van der Waals surface area contributed by atoms with Gasteiger partial charge < -0.3 is 0 Å². The molecule has 0 heterocycles. The molecule has 158 valence electrons. The van der Waals surface area contributed by atoms with E-state index >= 15 is 0 Å². The molecule has 0 amide bonds. The third-order valence-electron chi connectivity index (χ3n) is 5.36. The minimum atomic E-state index is 1.03. The van der Waals surface area contributed by atoms with Gasteiger partial charge in [0.15, 0.2) is 0 Å². The van der Waals surface area contributed by atoms with Crippen LogP contribution in [0.5, 0.6) is 0 Å². The average molecular weight is 376 g/mol. The Labute approximate surface area is 171 Å². The molecule has 0 aliphatic carbocycles. The lowest BCUT2D eigenvalue weighted by molar-refractivity contribution is 0.612. The van der Waals surface area contributed by atoms with Gasteiger partial charge >= 0.3 is 0 Å². The summed E-state index contributed by atoms with van der Waals surface area (Å²) in [5.41, 5.74) is 4.42. The minimum absolute atomic E-state index is 1.03. The van der Waals surface area contributed by atoms with Crippen LogP contribution in [0, 0.1) is 0 Å². The number of unbranched alkanes of at least 4 members (excludes halogenated alkanes) is 9. The van der Waals surface area contributed by atoms with Crippen LogP contribution in [0.3, 0.4) is 0 Å². The van der Waals surface area contributed by atoms with E-state index in [4.69, 9.17) is 4.99 Å². The second-order valence-electron chi connectivity index (χ2n) is 8.37. The number of nitrogens with zero attached hydrogens (tertiary/aromatic N) is 1. The van der Waals surface area contributed by atoms with Crippen LogP contribution in [-0.4, -0.2) is 12.3 Å². The standard InChI is InChI=1S/C26H49N/c1-6-8-10-12-14-16-23-27-26(5)22-21-25(4)20-17-19-24(3)18-15-13-11-9-7-2/h18,20H,6-17,19,21-23H2,1-5H3/b24-18+,25-20+,27-26?. The Morgan fingerprint density at radius 1 is 0.593 bits per heavy atom. The Bertz CT molecular complexity index is 414. The van der Waals surface area contributed by atoms with Crippen LogP contribution in [0.2, 0.25) is 0 Å². The number of aliphatic imine (C=N–C) groups is 1. The molecule has 0 aromatic carbocycles. The van der Waals surface area contributed by atoms with Crippen LogP contribution < -0.4 is 0 Å². The highest BCUT2D eigenvalue weighted by Crippen LogP contribution is 2.13. The maximum Gasteiger partial charge on any atom is 0.0388 e. The summed E-state index contributed by atoms with van der Waals surface area (Å²) in [7, 11) is 0. The summed E-state index contributed by atoms with van der Waals surface area (Å²) in [6.45, 7) is 12.4. The van der Waals surface area contributed by atoms with E-state index in [0.29, 0.717) is 0 Å². The van der Waals surface area contributed by atoms with Crippen molar-refractivity contribution in [1.82, 2.24) is 0 Å². The van der Waals surface area contributed by atoms with Gasteiger partial charge in [-0.3, -0.25) is 4.99 Å². The molecule has 0 spiro atoms. The fourth-order valence-corrected chi connectivity index (χ4v) is 3.29. The van der Waals surface area contributed by atoms with Gasteiger partial charge in [-0.25, -0.2) is 0 Å². The van der Waals surface area contributed by atoms with Crippen LogP contribution in [0.1, 0.15) is 131 Å². The van der Waals surface area contributed by atoms with E-state index in [1.807, 2.05) is 0 Å². The molecule has 0 aliphatic rings. The maximum atomic E-state index is 4.76. The van der Waals surface area contributed by atoms with Gasteiger partial charge in [-0.1, -0.05) is 88.5 Å². The third-order valence-corrected chi connectivity index (χ3v) is 5.36. The molecular formula is C26H49N. The van der Waals surface area contributed by atoms with Crippen molar-refractivity contribution in [2.45, 2.75) is 131 Å². The molecule has 0 bridgehead atoms. The van der Waals surface area contributed by atoms with Crippen molar-refractivity contribution in [2.24, 2.45) is 4.99 Å². The molecule has 1 nitrogen and oxygen atoms in total. The molecule has 0 saturated heterocycles. The largest absolute Gasteiger partial charge is 0.294 e. The Hall–Kier alpha value is -0.850. The van der Waals surface area contributed by atoms with Gasteiger partial charge in [-0.05, 0) is 65.7 Å². The molecule has 27 heavy (non-hydrogen) atoms. The zero-order valence-electron chi connectivity index (χ0n) is 19.4. The minimum Gasteiger partial charge on any atom is -0.294 e. The molecule has 0 rings (SSSR count). The summed E-state index contributed by atoms with van der Waals surface area (Å²) < 4.78 is 0. The fraction of sp³-hybridized carbons (Fsp3) is 0.808. The molecule has 0 saturated carbocycles. The molecule has 0 unspecified atom stereocenters. The van der Waals surface area contributed by atoms with E-state index in [9.17, 15) is 0 Å². The zero-order valence-corrected chi connectivity index (χ0v) is 19.4. The number of rotatable bonds is 18. The zero-order chi connectivity index (χ0) is 20.2. The Balaban J connectivity index is 3.78. The van der Waals surface area contributed by atoms with E-state index in [1.54, 1.807) is 5.57 Å². The van der Waals surface area contributed by atoms with Crippen LogP contribution in [0.25, 0.3) is 0 Å². The predicted octanol–water partition coefficient (Wildman–Crippen LogP) is 9.23. The molecular weight excluding hydrogens is 326 g/mol. The smallest absolute Gasteiger partial charge is 0.0388 e. The quantitative estimate of drug-likeness (QED) is 0.128. The summed E-state index contributed by atoms with van der Waals surface area (Å²) in [4.78, 5) is 4.76. The highest BCUT2D eigenvalue weighted by molar-refractivity contribution is 5.82. The number of hydrogen-bond donors (Lipinski definition) is 0. The van der Waals surface area contributed by atoms with Gasteiger partial charge in [0.05, 0.1) is 0 Å². The molecule has 0 aromatic rings. The lowest BCUT2D eigenvalue weighted by atomic mass is 10.0. The second kappa shape index (κ2) is 19.9. The Morgan fingerprint density at radius 3 is 1.85 bits per heavy atom. The number of hydrogen-bond acceptors (Lipinski definition) is 1. The highest BCUT2D eigenvalue weighted by atomic mass is 14.7. The van der Waals surface area contributed by atoms with Gasteiger partial charge in [0.1, 0.15) is 0 Å². The van der Waals surface area contributed by atoms with Crippen LogP contribution in [-0.2, 0) is 0 Å². The summed E-state index contributed by atoms with van der Waals surface area (Å²) in [6, 6.07) is 0. The van der Waals surface area contributed by atoms with Crippen molar-refractivity contribution >= 4 is 5.71 Å². The monoisotopic (exact) mass is 375 g/mol. The van der Waals surface area contributed by atoms with Crippen molar-refractivity contribution in [1.29, 1.82) is 0 Å². The molecule has 1 heteroatoms. The Kier molecular flexibility index (Phi) is 19.3. The first-order valence-electron chi connectivity index (χ1n) is 11.9. The van der Waals surface area contributed by atoms with Crippen molar-refractivity contribution < 1.29 is 0 Å². The maximum absolute atomic E-state index is 4.76. The van der Waals surface area contributed by atoms with Crippen LogP contribution in [0.4, 0.5) is 0 Å². The van der Waals surface area contributed by atoms with Gasteiger partial charge in [-0.2, -0.15) is 0 Å². The van der Waals surface area contributed by atoms with E-state index in [2.05, 4.69) is 46.8 Å². The third kappa shape index (κ3) is 19.7. The summed E-state index contributed by atoms with van der Waals surface area (Å²) in [6.07, 6.45) is 24.5. The van der Waals surface area contributed by atoms with E-state index in [1.165, 1.54) is 101 Å². The van der Waals surface area contributed by atoms with Gasteiger partial charge in [-0.15, -0.1) is 0 Å².